The van der Waals surface area contributed by atoms with Gasteiger partial charge in [0.05, 0.1) is 11.0 Å². The van der Waals surface area contributed by atoms with E-state index in [0.29, 0.717) is 12.5 Å². The zero-order chi connectivity index (χ0) is 16.6. The van der Waals surface area contributed by atoms with Crippen LogP contribution in [0.25, 0.3) is 11.0 Å². The van der Waals surface area contributed by atoms with Crippen LogP contribution in [0.2, 0.25) is 0 Å². The quantitative estimate of drug-likeness (QED) is 0.766. The topological polar surface area (TPSA) is 50.1 Å². The van der Waals surface area contributed by atoms with E-state index in [1.54, 1.807) is 0 Å². The number of hydrogen-bond acceptors (Lipinski definition) is 3. The van der Waals surface area contributed by atoms with E-state index in [0.717, 1.165) is 28.7 Å². The van der Waals surface area contributed by atoms with E-state index in [1.165, 1.54) is 0 Å². The molecule has 3 aromatic rings. The molecule has 0 saturated heterocycles. The molecule has 0 radical (unpaired) electrons. The largest absolute Gasteiger partial charge is 0.505 e. The normalized spacial score (nSPS) is 11.1. The molecule has 2 N–H and O–H groups in total. The van der Waals surface area contributed by atoms with Crippen molar-refractivity contribution in [3.05, 3.63) is 53.1 Å². The molecule has 0 aliphatic carbocycles. The van der Waals surface area contributed by atoms with E-state index >= 15 is 0 Å². The number of nitrogens with zero attached hydrogens (tertiary/aromatic N) is 2. The number of phenols is 1. The highest BCUT2D eigenvalue weighted by Gasteiger charge is 2.15. The molecule has 1 aromatic heterocycles. The Bertz CT molecular complexity index is 874. The number of fused-ring (bicyclic) bond motifs is 1. The van der Waals surface area contributed by atoms with Crippen LogP contribution in [0.3, 0.4) is 0 Å². The number of nitrogens with one attached hydrogen (secondary N) is 1. The number of halogens is 2. The standard InChI is InChI=1S/C17H17F2N3O/c1-3-22-14-6-4-10(2)8-13(14)21-17(22)20-9-11-12(18)5-7-15(23)16(11)19/h4-8,23H,3,9H2,1-2H3,(H,20,21). The molecule has 4 nitrogen and oxygen atoms in total. The Balaban J connectivity index is 1.95. The fourth-order valence-electron chi connectivity index (χ4n) is 2.61. The predicted molar refractivity (Wildman–Crippen MR) is 85.5 cm³/mol. The molecule has 0 amide bonds. The number of phenolic OH excluding ortho intramolecular Hbond substituents is 1. The summed E-state index contributed by atoms with van der Waals surface area (Å²) in [6.07, 6.45) is 0. The molecule has 0 fully saturated rings. The maximum atomic E-state index is 13.8. The summed E-state index contributed by atoms with van der Waals surface area (Å²) in [5.41, 5.74) is 2.66. The minimum Gasteiger partial charge on any atom is -0.505 e. The number of aryl methyl sites for hydroxylation is 2. The van der Waals surface area contributed by atoms with Crippen molar-refractivity contribution in [1.29, 1.82) is 0 Å². The van der Waals surface area contributed by atoms with Gasteiger partial charge in [-0.15, -0.1) is 0 Å². The number of benzene rings is 2. The third-order valence-electron chi connectivity index (χ3n) is 3.81. The summed E-state index contributed by atoms with van der Waals surface area (Å²) in [5, 5.41) is 12.3. The molecule has 0 bridgehead atoms. The zero-order valence-electron chi connectivity index (χ0n) is 12.9. The van der Waals surface area contributed by atoms with Crippen LogP contribution in [0, 0.1) is 18.6 Å². The zero-order valence-corrected chi connectivity index (χ0v) is 12.9. The number of anilines is 1. The van der Waals surface area contributed by atoms with Crippen molar-refractivity contribution >= 4 is 17.0 Å². The van der Waals surface area contributed by atoms with E-state index in [4.69, 9.17) is 0 Å². The van der Waals surface area contributed by atoms with Gasteiger partial charge in [-0.3, -0.25) is 0 Å². The predicted octanol–water partition coefficient (Wildman–Crippen LogP) is 3.96. The molecule has 2 aromatic carbocycles. The minimum absolute atomic E-state index is 0.103. The number of imidazole rings is 1. The Labute approximate surface area is 132 Å². The Morgan fingerprint density at radius 3 is 2.74 bits per heavy atom. The number of aromatic nitrogens is 2. The van der Waals surface area contributed by atoms with Gasteiger partial charge in [0, 0.05) is 18.7 Å². The van der Waals surface area contributed by atoms with Crippen molar-refractivity contribution in [3.63, 3.8) is 0 Å². The second kappa shape index (κ2) is 5.87. The van der Waals surface area contributed by atoms with Crippen LogP contribution in [0.5, 0.6) is 5.75 Å². The summed E-state index contributed by atoms with van der Waals surface area (Å²) < 4.78 is 29.5. The molecule has 0 saturated carbocycles. The maximum absolute atomic E-state index is 13.8. The van der Waals surface area contributed by atoms with Crippen LogP contribution < -0.4 is 5.32 Å². The second-order valence-corrected chi connectivity index (χ2v) is 5.38. The highest BCUT2D eigenvalue weighted by Crippen LogP contribution is 2.24. The fraction of sp³-hybridized carbons (Fsp3) is 0.235. The number of hydrogen-bond donors (Lipinski definition) is 2. The van der Waals surface area contributed by atoms with Crippen molar-refractivity contribution in [2.24, 2.45) is 0 Å². The van der Waals surface area contributed by atoms with Crippen molar-refractivity contribution in [1.82, 2.24) is 9.55 Å². The summed E-state index contributed by atoms with van der Waals surface area (Å²) in [6, 6.07) is 7.97. The lowest BCUT2D eigenvalue weighted by molar-refractivity contribution is 0.422. The first-order valence-electron chi connectivity index (χ1n) is 7.38. The molecule has 1 heterocycles. The smallest absolute Gasteiger partial charge is 0.204 e. The Morgan fingerprint density at radius 2 is 2.00 bits per heavy atom. The number of aromatic hydroxyl groups is 1. The Kier molecular flexibility index (Phi) is 3.90. The third-order valence-corrected chi connectivity index (χ3v) is 3.81. The molecule has 6 heteroatoms. The molecule has 23 heavy (non-hydrogen) atoms. The third kappa shape index (κ3) is 2.72. The van der Waals surface area contributed by atoms with E-state index in [9.17, 15) is 13.9 Å². The monoisotopic (exact) mass is 317 g/mol. The van der Waals surface area contributed by atoms with Gasteiger partial charge < -0.3 is 15.0 Å². The van der Waals surface area contributed by atoms with Gasteiger partial charge in [0.25, 0.3) is 0 Å². The molecule has 120 valence electrons. The van der Waals surface area contributed by atoms with Crippen LogP contribution in [0.4, 0.5) is 14.7 Å². The van der Waals surface area contributed by atoms with Crippen LogP contribution >= 0.6 is 0 Å². The van der Waals surface area contributed by atoms with E-state index < -0.39 is 17.4 Å². The van der Waals surface area contributed by atoms with Gasteiger partial charge in [-0.1, -0.05) is 6.07 Å². The lowest BCUT2D eigenvalue weighted by Crippen LogP contribution is -2.09. The highest BCUT2D eigenvalue weighted by molar-refractivity contribution is 5.79. The van der Waals surface area contributed by atoms with Gasteiger partial charge in [0.15, 0.2) is 11.6 Å². The maximum Gasteiger partial charge on any atom is 0.204 e. The van der Waals surface area contributed by atoms with Crippen LogP contribution in [-0.4, -0.2) is 14.7 Å². The Morgan fingerprint density at radius 1 is 1.22 bits per heavy atom. The average Bonchev–Trinajstić information content (AvgIpc) is 2.87. The van der Waals surface area contributed by atoms with Crippen LogP contribution in [0.15, 0.2) is 30.3 Å². The van der Waals surface area contributed by atoms with Gasteiger partial charge in [0.2, 0.25) is 5.95 Å². The molecule has 3 rings (SSSR count). The van der Waals surface area contributed by atoms with Crippen molar-refractivity contribution < 1.29 is 13.9 Å². The number of rotatable bonds is 4. The molecule has 0 spiro atoms. The van der Waals surface area contributed by atoms with E-state index in [-0.39, 0.29) is 12.1 Å². The SMILES string of the molecule is CCn1c(NCc2c(F)ccc(O)c2F)nc2cc(C)ccc21. The molecule has 0 aliphatic heterocycles. The first-order valence-corrected chi connectivity index (χ1v) is 7.38. The van der Waals surface area contributed by atoms with Crippen LogP contribution in [-0.2, 0) is 13.1 Å². The van der Waals surface area contributed by atoms with Gasteiger partial charge >= 0.3 is 0 Å². The van der Waals surface area contributed by atoms with Crippen molar-refractivity contribution in [3.8, 4) is 5.75 Å². The van der Waals surface area contributed by atoms with Crippen molar-refractivity contribution in [2.75, 3.05) is 5.32 Å². The lowest BCUT2D eigenvalue weighted by atomic mass is 10.2. The molecule has 0 aliphatic rings. The summed E-state index contributed by atoms with van der Waals surface area (Å²) in [4.78, 5) is 4.49. The highest BCUT2D eigenvalue weighted by atomic mass is 19.1. The minimum atomic E-state index is -0.951. The second-order valence-electron chi connectivity index (χ2n) is 5.38. The molecular formula is C17H17F2N3O. The lowest BCUT2D eigenvalue weighted by Gasteiger charge is -2.10. The summed E-state index contributed by atoms with van der Waals surface area (Å²) in [5.74, 6) is -1.69. The summed E-state index contributed by atoms with van der Waals surface area (Å²) >= 11 is 0. The first-order chi connectivity index (χ1) is 11.0. The van der Waals surface area contributed by atoms with Gasteiger partial charge in [-0.25, -0.2) is 13.8 Å². The molecule has 0 atom stereocenters. The van der Waals surface area contributed by atoms with Gasteiger partial charge in [-0.2, -0.15) is 0 Å². The summed E-state index contributed by atoms with van der Waals surface area (Å²) in [6.45, 7) is 4.53. The van der Waals surface area contributed by atoms with E-state index in [2.05, 4.69) is 10.3 Å². The van der Waals surface area contributed by atoms with Crippen molar-refractivity contribution in [2.45, 2.75) is 26.9 Å². The Hall–Kier alpha value is -2.63. The summed E-state index contributed by atoms with van der Waals surface area (Å²) in [7, 11) is 0. The van der Waals surface area contributed by atoms with E-state index in [1.807, 2.05) is 36.6 Å². The molecular weight excluding hydrogens is 300 g/mol. The molecule has 0 unspecified atom stereocenters. The van der Waals surface area contributed by atoms with Crippen LogP contribution in [0.1, 0.15) is 18.1 Å². The van der Waals surface area contributed by atoms with Gasteiger partial charge in [-0.05, 0) is 43.7 Å². The first kappa shape index (κ1) is 15.3. The van der Waals surface area contributed by atoms with Gasteiger partial charge in [0.1, 0.15) is 5.82 Å². The average molecular weight is 317 g/mol. The fourth-order valence-corrected chi connectivity index (χ4v) is 2.61.